The van der Waals surface area contributed by atoms with Crippen LogP contribution in [0.3, 0.4) is 0 Å². The smallest absolute Gasteiger partial charge is 0.0766 e. The van der Waals surface area contributed by atoms with Gasteiger partial charge in [0.2, 0.25) is 0 Å². The Balaban J connectivity index is 1.93. The molecular weight excluding hydrogens is 314 g/mol. The standard InChI is InChI=1S/C16H28BrN3/c1-3-14-16(17)15(20(2)19-14)11-13(18)10-12-8-6-4-5-7-9-12/h12-13H,3-11,18H2,1-2H3. The average Bonchev–Trinajstić information content (AvgIpc) is 2.63. The zero-order chi connectivity index (χ0) is 14.5. The number of nitrogens with zero attached hydrogens (tertiary/aromatic N) is 2. The Morgan fingerprint density at radius 1 is 1.30 bits per heavy atom. The normalized spacial score (nSPS) is 19.0. The van der Waals surface area contributed by atoms with Crippen LogP contribution in [0, 0.1) is 5.92 Å². The Hall–Kier alpha value is -0.350. The fourth-order valence-electron chi connectivity index (χ4n) is 3.40. The van der Waals surface area contributed by atoms with Crippen LogP contribution >= 0.6 is 15.9 Å². The van der Waals surface area contributed by atoms with Gasteiger partial charge in [0.05, 0.1) is 15.9 Å². The van der Waals surface area contributed by atoms with E-state index in [0.717, 1.165) is 24.5 Å². The molecule has 1 aliphatic rings. The van der Waals surface area contributed by atoms with E-state index in [9.17, 15) is 0 Å². The predicted octanol–water partition coefficient (Wildman–Crippen LogP) is 3.98. The molecule has 2 N–H and O–H groups in total. The second-order valence-electron chi connectivity index (χ2n) is 6.24. The summed E-state index contributed by atoms with van der Waals surface area (Å²) in [6, 6.07) is 0.259. The quantitative estimate of drug-likeness (QED) is 0.823. The van der Waals surface area contributed by atoms with Crippen molar-refractivity contribution in [2.75, 3.05) is 0 Å². The molecule has 3 nitrogen and oxygen atoms in total. The molecule has 0 amide bonds. The monoisotopic (exact) mass is 341 g/mol. The zero-order valence-corrected chi connectivity index (χ0v) is 14.5. The highest BCUT2D eigenvalue weighted by Crippen LogP contribution is 2.28. The summed E-state index contributed by atoms with van der Waals surface area (Å²) in [7, 11) is 2.03. The molecule has 1 aliphatic carbocycles. The second kappa shape index (κ2) is 7.60. The van der Waals surface area contributed by atoms with Crippen LogP contribution in [-0.2, 0) is 19.9 Å². The van der Waals surface area contributed by atoms with Crippen molar-refractivity contribution < 1.29 is 0 Å². The Labute approximate surface area is 131 Å². The molecular formula is C16H28BrN3. The van der Waals surface area contributed by atoms with Crippen molar-refractivity contribution in [3.05, 3.63) is 15.9 Å². The molecule has 1 fully saturated rings. The first-order valence-corrected chi connectivity index (χ1v) is 8.87. The van der Waals surface area contributed by atoms with E-state index in [-0.39, 0.29) is 6.04 Å². The highest BCUT2D eigenvalue weighted by molar-refractivity contribution is 9.10. The molecule has 0 radical (unpaired) electrons. The molecule has 1 unspecified atom stereocenters. The molecule has 2 rings (SSSR count). The fraction of sp³-hybridized carbons (Fsp3) is 0.812. The molecule has 20 heavy (non-hydrogen) atoms. The minimum absolute atomic E-state index is 0.259. The Bertz CT molecular complexity index is 420. The van der Waals surface area contributed by atoms with Crippen molar-refractivity contribution in [3.8, 4) is 0 Å². The molecule has 1 saturated carbocycles. The van der Waals surface area contributed by atoms with Gasteiger partial charge in [0.25, 0.3) is 0 Å². The minimum Gasteiger partial charge on any atom is -0.327 e. The van der Waals surface area contributed by atoms with Gasteiger partial charge < -0.3 is 5.73 Å². The van der Waals surface area contributed by atoms with E-state index in [4.69, 9.17) is 5.73 Å². The number of hydrogen-bond donors (Lipinski definition) is 1. The minimum atomic E-state index is 0.259. The molecule has 1 aromatic heterocycles. The lowest BCUT2D eigenvalue weighted by Gasteiger charge is -2.19. The van der Waals surface area contributed by atoms with Gasteiger partial charge in [-0.1, -0.05) is 45.4 Å². The van der Waals surface area contributed by atoms with E-state index in [0.29, 0.717) is 0 Å². The van der Waals surface area contributed by atoms with E-state index in [1.165, 1.54) is 55.1 Å². The summed E-state index contributed by atoms with van der Waals surface area (Å²) < 4.78 is 3.16. The largest absolute Gasteiger partial charge is 0.327 e. The lowest BCUT2D eigenvalue weighted by atomic mass is 9.91. The van der Waals surface area contributed by atoms with Gasteiger partial charge in [0.15, 0.2) is 0 Å². The van der Waals surface area contributed by atoms with Crippen LogP contribution < -0.4 is 5.73 Å². The van der Waals surface area contributed by atoms with Crippen molar-refractivity contribution >= 4 is 15.9 Å². The molecule has 0 aromatic carbocycles. The van der Waals surface area contributed by atoms with Gasteiger partial charge in [-0.25, -0.2) is 0 Å². The van der Waals surface area contributed by atoms with Gasteiger partial charge >= 0.3 is 0 Å². The first kappa shape index (κ1) is 16.0. The summed E-state index contributed by atoms with van der Waals surface area (Å²) in [5.74, 6) is 0.838. The molecule has 1 atom stereocenters. The second-order valence-corrected chi connectivity index (χ2v) is 7.04. The summed E-state index contributed by atoms with van der Waals surface area (Å²) in [5.41, 5.74) is 8.81. The van der Waals surface area contributed by atoms with E-state index >= 15 is 0 Å². The van der Waals surface area contributed by atoms with Crippen LogP contribution in [0.4, 0.5) is 0 Å². The third kappa shape index (κ3) is 4.08. The molecule has 1 aromatic rings. The van der Waals surface area contributed by atoms with Crippen molar-refractivity contribution in [2.45, 2.75) is 70.8 Å². The third-order valence-corrected chi connectivity index (χ3v) is 5.48. The van der Waals surface area contributed by atoms with Gasteiger partial charge in [-0.05, 0) is 34.7 Å². The maximum atomic E-state index is 6.41. The summed E-state index contributed by atoms with van der Waals surface area (Å²) in [5, 5.41) is 4.56. The van der Waals surface area contributed by atoms with Gasteiger partial charge in [0, 0.05) is 19.5 Å². The van der Waals surface area contributed by atoms with E-state index in [1.807, 2.05) is 11.7 Å². The van der Waals surface area contributed by atoms with Crippen molar-refractivity contribution in [1.29, 1.82) is 0 Å². The molecule has 0 saturated heterocycles. The number of rotatable bonds is 5. The maximum Gasteiger partial charge on any atom is 0.0766 e. The molecule has 0 aliphatic heterocycles. The maximum absolute atomic E-state index is 6.41. The van der Waals surface area contributed by atoms with Gasteiger partial charge in [-0.3, -0.25) is 4.68 Å². The van der Waals surface area contributed by atoms with Crippen LogP contribution in [0.25, 0.3) is 0 Å². The summed E-state index contributed by atoms with van der Waals surface area (Å²) in [6.45, 7) is 2.14. The number of nitrogens with two attached hydrogens (primary N) is 1. The summed E-state index contributed by atoms with van der Waals surface area (Å²) in [4.78, 5) is 0. The van der Waals surface area contributed by atoms with E-state index < -0.39 is 0 Å². The topological polar surface area (TPSA) is 43.8 Å². The van der Waals surface area contributed by atoms with Crippen LogP contribution in [0.5, 0.6) is 0 Å². The molecule has 114 valence electrons. The van der Waals surface area contributed by atoms with Crippen molar-refractivity contribution in [1.82, 2.24) is 9.78 Å². The van der Waals surface area contributed by atoms with Gasteiger partial charge in [-0.15, -0.1) is 0 Å². The van der Waals surface area contributed by atoms with Gasteiger partial charge in [0.1, 0.15) is 0 Å². The average molecular weight is 342 g/mol. The number of aryl methyl sites for hydroxylation is 2. The SMILES string of the molecule is CCc1nn(C)c(CC(N)CC2CCCCCC2)c1Br. The van der Waals surface area contributed by atoms with Crippen molar-refractivity contribution in [3.63, 3.8) is 0 Å². The zero-order valence-electron chi connectivity index (χ0n) is 12.9. The molecule has 4 heteroatoms. The lowest BCUT2D eigenvalue weighted by molar-refractivity contribution is 0.384. The van der Waals surface area contributed by atoms with Crippen LogP contribution in [0.1, 0.15) is 63.3 Å². The Morgan fingerprint density at radius 2 is 1.95 bits per heavy atom. The first-order chi connectivity index (χ1) is 9.61. The Morgan fingerprint density at radius 3 is 2.50 bits per heavy atom. The third-order valence-electron chi connectivity index (χ3n) is 4.57. The molecule has 0 spiro atoms. The van der Waals surface area contributed by atoms with Crippen LogP contribution in [0.2, 0.25) is 0 Å². The Kier molecular flexibility index (Phi) is 6.09. The van der Waals surface area contributed by atoms with E-state index in [2.05, 4.69) is 28.0 Å². The number of aromatic nitrogens is 2. The lowest BCUT2D eigenvalue weighted by Crippen LogP contribution is -2.27. The predicted molar refractivity (Wildman–Crippen MR) is 87.8 cm³/mol. The summed E-state index contributed by atoms with van der Waals surface area (Å²) >= 11 is 3.69. The first-order valence-electron chi connectivity index (χ1n) is 8.07. The molecule has 1 heterocycles. The highest BCUT2D eigenvalue weighted by atomic mass is 79.9. The number of hydrogen-bond acceptors (Lipinski definition) is 2. The van der Waals surface area contributed by atoms with Crippen LogP contribution in [-0.4, -0.2) is 15.8 Å². The number of halogens is 1. The molecule has 0 bridgehead atoms. The van der Waals surface area contributed by atoms with Crippen molar-refractivity contribution in [2.24, 2.45) is 18.7 Å². The van der Waals surface area contributed by atoms with Crippen LogP contribution in [0.15, 0.2) is 4.47 Å². The van der Waals surface area contributed by atoms with E-state index in [1.54, 1.807) is 0 Å². The summed E-state index contributed by atoms with van der Waals surface area (Å²) in [6.07, 6.45) is 11.4. The van der Waals surface area contributed by atoms with Gasteiger partial charge in [-0.2, -0.15) is 5.10 Å². The highest BCUT2D eigenvalue weighted by Gasteiger charge is 2.19. The fourth-order valence-corrected chi connectivity index (χ4v) is 4.18.